The fourth-order valence-electron chi connectivity index (χ4n) is 1.25. The second-order valence-corrected chi connectivity index (χ2v) is 4.98. The minimum absolute atomic E-state index is 0.0299. The van der Waals surface area contributed by atoms with Crippen molar-refractivity contribution in [3.8, 4) is 0 Å². The van der Waals surface area contributed by atoms with Crippen LogP contribution in [0.15, 0.2) is 38.2 Å². The van der Waals surface area contributed by atoms with Crippen LogP contribution in [0.5, 0.6) is 0 Å². The van der Waals surface area contributed by atoms with Crippen LogP contribution in [0.2, 0.25) is 0 Å². The first-order valence-electron chi connectivity index (χ1n) is 4.15. The number of hydrogen-bond donors (Lipinski definition) is 0. The Hall–Kier alpha value is -0.250. The lowest BCUT2D eigenvalue weighted by atomic mass is 10.1. The summed E-state index contributed by atoms with van der Waals surface area (Å²) in [6.45, 7) is 0. The van der Waals surface area contributed by atoms with Crippen molar-refractivity contribution in [2.24, 2.45) is 0 Å². The molecule has 0 fully saturated rings. The zero-order chi connectivity index (χ0) is 9.97. The smallest absolute Gasteiger partial charge is 0.173 e. The van der Waals surface area contributed by atoms with Gasteiger partial charge in [-0.2, -0.15) is 11.3 Å². The molecular weight excluding hydrogens is 284 g/mol. The Kier molecular flexibility index (Phi) is 3.31. The Balaban J connectivity index is 2.10. The first-order valence-corrected chi connectivity index (χ1v) is 6.32. The summed E-state index contributed by atoms with van der Waals surface area (Å²) >= 11 is 11.3. The van der Waals surface area contributed by atoms with E-state index in [4.69, 9.17) is 16.0 Å². The van der Waals surface area contributed by atoms with Crippen molar-refractivity contribution < 1.29 is 4.42 Å². The highest BCUT2D eigenvalue weighted by atomic mass is 79.9. The van der Waals surface area contributed by atoms with E-state index in [1.165, 1.54) is 5.56 Å². The Morgan fingerprint density at radius 3 is 2.93 bits per heavy atom. The molecule has 14 heavy (non-hydrogen) atoms. The van der Waals surface area contributed by atoms with E-state index in [9.17, 15) is 0 Å². The summed E-state index contributed by atoms with van der Waals surface area (Å²) in [5.41, 5.74) is 2.28. The van der Waals surface area contributed by atoms with Gasteiger partial charge in [0, 0.05) is 5.56 Å². The van der Waals surface area contributed by atoms with Gasteiger partial charge in [-0.1, -0.05) is 0 Å². The van der Waals surface area contributed by atoms with E-state index in [0.717, 1.165) is 16.7 Å². The Labute approximate surface area is 99.8 Å². The highest BCUT2D eigenvalue weighted by Gasteiger charge is 2.14. The molecule has 74 valence electrons. The van der Waals surface area contributed by atoms with Crippen LogP contribution in [0.4, 0.5) is 0 Å². The second-order valence-electron chi connectivity index (χ2n) is 2.95. The maximum atomic E-state index is 6.26. The monoisotopic (exact) mass is 290 g/mol. The number of halogens is 2. The van der Waals surface area contributed by atoms with Crippen LogP contribution in [-0.2, 0) is 6.42 Å². The summed E-state index contributed by atoms with van der Waals surface area (Å²) in [5, 5.41) is 4.14. The van der Waals surface area contributed by atoms with Crippen molar-refractivity contribution in [1.82, 2.24) is 0 Å². The number of rotatable bonds is 3. The van der Waals surface area contributed by atoms with Gasteiger partial charge >= 0.3 is 0 Å². The van der Waals surface area contributed by atoms with Gasteiger partial charge < -0.3 is 4.42 Å². The molecule has 0 saturated heterocycles. The van der Waals surface area contributed by atoms with Crippen molar-refractivity contribution in [1.29, 1.82) is 0 Å². The minimum Gasteiger partial charge on any atom is -0.457 e. The Bertz CT molecular complexity index is 396. The summed E-state index contributed by atoms with van der Waals surface area (Å²) in [5.74, 6) is 0. The second kappa shape index (κ2) is 4.51. The molecule has 1 atom stereocenters. The van der Waals surface area contributed by atoms with Gasteiger partial charge in [0.05, 0.1) is 11.6 Å². The normalized spacial score (nSPS) is 13.0. The van der Waals surface area contributed by atoms with Gasteiger partial charge in [-0.25, -0.2) is 0 Å². The molecule has 0 N–H and O–H groups in total. The molecule has 0 bridgehead atoms. The zero-order valence-electron chi connectivity index (χ0n) is 7.24. The first-order chi connectivity index (χ1) is 6.77. The van der Waals surface area contributed by atoms with E-state index in [1.54, 1.807) is 17.6 Å². The lowest BCUT2D eigenvalue weighted by Gasteiger charge is -2.05. The average Bonchev–Trinajstić information content (AvgIpc) is 2.75. The number of thiophene rings is 1. The predicted octanol–water partition coefficient (Wildman–Crippen LogP) is 4.63. The maximum Gasteiger partial charge on any atom is 0.173 e. The lowest BCUT2D eigenvalue weighted by molar-refractivity contribution is 0.536. The zero-order valence-corrected chi connectivity index (χ0v) is 10.4. The first kappa shape index (κ1) is 10.3. The molecule has 0 radical (unpaired) electrons. The quantitative estimate of drug-likeness (QED) is 0.752. The van der Waals surface area contributed by atoms with Crippen LogP contribution in [0, 0.1) is 0 Å². The summed E-state index contributed by atoms with van der Waals surface area (Å²) in [6, 6.07) is 3.99. The highest BCUT2D eigenvalue weighted by Crippen LogP contribution is 2.32. The van der Waals surface area contributed by atoms with Crippen molar-refractivity contribution in [3.05, 3.63) is 45.0 Å². The topological polar surface area (TPSA) is 13.1 Å². The third-order valence-corrected chi connectivity index (χ3v) is 3.74. The third-order valence-electron chi connectivity index (χ3n) is 1.98. The van der Waals surface area contributed by atoms with E-state index < -0.39 is 0 Å². The number of alkyl halides is 1. The number of hydrogen-bond acceptors (Lipinski definition) is 2. The third kappa shape index (κ3) is 2.22. The van der Waals surface area contributed by atoms with Crippen LogP contribution >= 0.6 is 38.9 Å². The van der Waals surface area contributed by atoms with Gasteiger partial charge in [0.2, 0.25) is 0 Å². The van der Waals surface area contributed by atoms with Gasteiger partial charge in [0.1, 0.15) is 0 Å². The minimum atomic E-state index is -0.0299. The van der Waals surface area contributed by atoms with Crippen molar-refractivity contribution >= 4 is 38.9 Å². The molecule has 2 heterocycles. The molecule has 4 heteroatoms. The molecule has 0 amide bonds. The SMILES string of the molecule is ClC(Cc1ccsc1)c1ccoc1Br. The molecule has 2 aromatic heterocycles. The van der Waals surface area contributed by atoms with E-state index in [-0.39, 0.29) is 5.38 Å². The van der Waals surface area contributed by atoms with Crippen LogP contribution in [-0.4, -0.2) is 0 Å². The van der Waals surface area contributed by atoms with Gasteiger partial charge in [0.25, 0.3) is 0 Å². The average molecular weight is 292 g/mol. The maximum absolute atomic E-state index is 6.26. The Morgan fingerprint density at radius 1 is 1.50 bits per heavy atom. The largest absolute Gasteiger partial charge is 0.457 e. The summed E-state index contributed by atoms with van der Waals surface area (Å²) in [4.78, 5) is 0. The van der Waals surface area contributed by atoms with Gasteiger partial charge in [-0.3, -0.25) is 0 Å². The molecule has 0 aliphatic rings. The molecule has 2 aromatic rings. The number of furan rings is 1. The van der Waals surface area contributed by atoms with Gasteiger partial charge in [-0.05, 0) is 50.8 Å². The van der Waals surface area contributed by atoms with Crippen molar-refractivity contribution in [2.45, 2.75) is 11.8 Å². The van der Waals surface area contributed by atoms with E-state index >= 15 is 0 Å². The standard InChI is InChI=1S/C10H8BrClOS/c11-10-8(1-3-13-10)9(12)5-7-2-4-14-6-7/h1-4,6,9H,5H2. The molecule has 0 spiro atoms. The molecule has 2 rings (SSSR count). The fraction of sp³-hybridized carbons (Fsp3) is 0.200. The summed E-state index contributed by atoms with van der Waals surface area (Å²) in [7, 11) is 0. The van der Waals surface area contributed by atoms with Gasteiger partial charge in [0.15, 0.2) is 4.67 Å². The van der Waals surface area contributed by atoms with E-state index in [0.29, 0.717) is 0 Å². The van der Waals surface area contributed by atoms with E-state index in [2.05, 4.69) is 32.8 Å². The molecular formula is C10H8BrClOS. The summed E-state index contributed by atoms with van der Waals surface area (Å²) < 4.78 is 5.87. The van der Waals surface area contributed by atoms with Crippen LogP contribution in [0.1, 0.15) is 16.5 Å². The van der Waals surface area contributed by atoms with E-state index in [1.807, 2.05) is 6.07 Å². The lowest BCUT2D eigenvalue weighted by Crippen LogP contribution is -1.93. The molecule has 0 aliphatic carbocycles. The van der Waals surface area contributed by atoms with Crippen LogP contribution in [0.25, 0.3) is 0 Å². The van der Waals surface area contributed by atoms with Crippen LogP contribution < -0.4 is 0 Å². The predicted molar refractivity (Wildman–Crippen MR) is 63.0 cm³/mol. The Morgan fingerprint density at radius 2 is 2.36 bits per heavy atom. The molecule has 1 nitrogen and oxygen atoms in total. The molecule has 1 unspecified atom stereocenters. The van der Waals surface area contributed by atoms with Crippen molar-refractivity contribution in [2.75, 3.05) is 0 Å². The van der Waals surface area contributed by atoms with Crippen molar-refractivity contribution in [3.63, 3.8) is 0 Å². The summed E-state index contributed by atoms with van der Waals surface area (Å²) in [6.07, 6.45) is 2.48. The molecule has 0 aliphatic heterocycles. The molecule has 0 aromatic carbocycles. The fourth-order valence-corrected chi connectivity index (χ4v) is 2.93. The van der Waals surface area contributed by atoms with Gasteiger partial charge in [-0.15, -0.1) is 11.6 Å². The molecule has 0 saturated carbocycles. The highest BCUT2D eigenvalue weighted by molar-refractivity contribution is 9.10. The van der Waals surface area contributed by atoms with Crippen LogP contribution in [0.3, 0.4) is 0 Å².